The Bertz CT molecular complexity index is 601. The van der Waals surface area contributed by atoms with Gasteiger partial charge in [-0.1, -0.05) is 62.4 Å². The topological polar surface area (TPSA) is 66.0 Å². The number of aryl methyl sites for hydroxylation is 1. The molecular formula is C20H33N5. The number of hydrogen-bond donors (Lipinski definition) is 2. The van der Waals surface area contributed by atoms with Crippen LogP contribution in [0, 0.1) is 6.92 Å². The number of nitrogens with zero attached hydrogens (tertiary/aromatic N) is 3. The van der Waals surface area contributed by atoms with Crippen LogP contribution in [0.5, 0.6) is 0 Å². The first-order valence-electron chi connectivity index (χ1n) is 9.42. The predicted molar refractivity (Wildman–Crippen MR) is 107 cm³/mol. The second-order valence-corrected chi connectivity index (χ2v) is 7.35. The van der Waals surface area contributed by atoms with Crippen molar-refractivity contribution in [2.75, 3.05) is 6.54 Å². The van der Waals surface area contributed by atoms with E-state index in [4.69, 9.17) is 5.73 Å². The normalized spacial score (nSPS) is 18.2. The van der Waals surface area contributed by atoms with E-state index in [2.05, 4.69) is 72.2 Å². The molecule has 0 atom stereocenters. The molecule has 3 N–H and O–H groups in total. The number of hydrogen-bond acceptors (Lipinski definition) is 3. The van der Waals surface area contributed by atoms with E-state index in [1.807, 2.05) is 0 Å². The summed E-state index contributed by atoms with van der Waals surface area (Å²) in [5.41, 5.74) is 8.40. The van der Waals surface area contributed by atoms with Crippen LogP contribution in [0.25, 0.3) is 0 Å². The number of guanidine groups is 2. The number of aliphatic imine (C=N–C) groups is 2. The summed E-state index contributed by atoms with van der Waals surface area (Å²) in [6.45, 7) is 10.1. The van der Waals surface area contributed by atoms with Gasteiger partial charge in [0.05, 0.1) is 0 Å². The van der Waals surface area contributed by atoms with Crippen LogP contribution < -0.4 is 11.1 Å². The molecule has 1 aliphatic heterocycles. The summed E-state index contributed by atoms with van der Waals surface area (Å²) in [6.07, 6.45) is 6.19. The second-order valence-electron chi connectivity index (χ2n) is 7.35. The molecule has 138 valence electrons. The molecule has 0 fully saturated rings. The van der Waals surface area contributed by atoms with Crippen molar-refractivity contribution in [3.63, 3.8) is 0 Å². The van der Waals surface area contributed by atoms with Gasteiger partial charge in [0.1, 0.15) is 5.66 Å². The van der Waals surface area contributed by atoms with Gasteiger partial charge in [-0.25, -0.2) is 0 Å². The number of benzene rings is 1. The van der Waals surface area contributed by atoms with E-state index in [0.717, 1.165) is 19.5 Å². The van der Waals surface area contributed by atoms with E-state index in [-0.39, 0.29) is 5.66 Å². The zero-order valence-electron chi connectivity index (χ0n) is 16.2. The molecule has 0 saturated carbocycles. The van der Waals surface area contributed by atoms with Gasteiger partial charge in [-0.2, -0.15) is 4.99 Å². The van der Waals surface area contributed by atoms with E-state index in [0.29, 0.717) is 11.9 Å². The molecule has 0 unspecified atom stereocenters. The van der Waals surface area contributed by atoms with E-state index in [1.165, 1.54) is 36.8 Å². The third-order valence-corrected chi connectivity index (χ3v) is 4.57. The molecule has 0 aliphatic carbocycles. The molecule has 0 bridgehead atoms. The minimum Gasteiger partial charge on any atom is -0.369 e. The van der Waals surface area contributed by atoms with Crippen LogP contribution in [0.15, 0.2) is 34.3 Å². The molecule has 5 heteroatoms. The van der Waals surface area contributed by atoms with Crippen molar-refractivity contribution in [2.24, 2.45) is 15.7 Å². The van der Waals surface area contributed by atoms with Gasteiger partial charge in [-0.3, -0.25) is 4.99 Å². The number of unbranched alkanes of at least 4 members (excludes halogenated alkanes) is 4. The molecular weight excluding hydrogens is 310 g/mol. The first-order chi connectivity index (χ1) is 11.9. The van der Waals surface area contributed by atoms with E-state index >= 15 is 0 Å². The minimum atomic E-state index is -0.322. The highest BCUT2D eigenvalue weighted by molar-refractivity contribution is 5.97. The Kier molecular flexibility index (Phi) is 6.85. The van der Waals surface area contributed by atoms with Crippen LogP contribution in [-0.4, -0.2) is 29.0 Å². The monoisotopic (exact) mass is 343 g/mol. The zero-order chi connectivity index (χ0) is 18.3. The average Bonchev–Trinajstić information content (AvgIpc) is 2.55. The van der Waals surface area contributed by atoms with Crippen LogP contribution in [-0.2, 0) is 6.54 Å². The molecule has 5 nitrogen and oxygen atoms in total. The maximum Gasteiger partial charge on any atom is 0.223 e. The van der Waals surface area contributed by atoms with E-state index in [1.54, 1.807) is 0 Å². The minimum absolute atomic E-state index is 0.322. The Morgan fingerprint density at radius 2 is 1.80 bits per heavy atom. The SMILES string of the molecule is CCCCCCCN=C1N=C(N)N(Cc2ccc(C)cc2)C(C)(C)N1. The highest BCUT2D eigenvalue weighted by Gasteiger charge is 2.33. The number of rotatable bonds is 8. The lowest BCUT2D eigenvalue weighted by atomic mass is 10.1. The number of nitrogens with one attached hydrogen (secondary N) is 1. The Labute approximate surface area is 152 Å². The zero-order valence-corrected chi connectivity index (χ0v) is 16.2. The van der Waals surface area contributed by atoms with Crippen LogP contribution >= 0.6 is 0 Å². The second kappa shape index (κ2) is 8.88. The van der Waals surface area contributed by atoms with Crippen molar-refractivity contribution >= 4 is 11.9 Å². The lowest BCUT2D eigenvalue weighted by Crippen LogP contribution is -2.63. The van der Waals surface area contributed by atoms with Crippen molar-refractivity contribution in [2.45, 2.75) is 72.0 Å². The molecule has 1 aromatic carbocycles. The Morgan fingerprint density at radius 1 is 1.12 bits per heavy atom. The van der Waals surface area contributed by atoms with Crippen molar-refractivity contribution in [1.82, 2.24) is 10.2 Å². The summed E-state index contributed by atoms with van der Waals surface area (Å²) in [6, 6.07) is 8.52. The van der Waals surface area contributed by atoms with Crippen molar-refractivity contribution in [3.8, 4) is 0 Å². The average molecular weight is 344 g/mol. The van der Waals surface area contributed by atoms with Crippen molar-refractivity contribution < 1.29 is 0 Å². The molecule has 1 aromatic rings. The third-order valence-electron chi connectivity index (χ3n) is 4.57. The summed E-state index contributed by atoms with van der Waals surface area (Å²) in [4.78, 5) is 11.1. The predicted octanol–water partition coefficient (Wildman–Crippen LogP) is 3.78. The van der Waals surface area contributed by atoms with Crippen molar-refractivity contribution in [3.05, 3.63) is 35.4 Å². The fraction of sp³-hybridized carbons (Fsp3) is 0.600. The molecule has 0 saturated heterocycles. The van der Waals surface area contributed by atoms with Crippen LogP contribution in [0.3, 0.4) is 0 Å². The lowest BCUT2D eigenvalue weighted by molar-refractivity contribution is 0.178. The third kappa shape index (κ3) is 5.76. The Hall–Kier alpha value is -2.04. The van der Waals surface area contributed by atoms with Gasteiger partial charge < -0.3 is 16.0 Å². The summed E-state index contributed by atoms with van der Waals surface area (Å²) in [5.74, 6) is 1.17. The maximum absolute atomic E-state index is 6.25. The first-order valence-corrected chi connectivity index (χ1v) is 9.42. The number of nitrogens with two attached hydrogens (primary N) is 1. The summed E-state index contributed by atoms with van der Waals surface area (Å²) >= 11 is 0. The molecule has 0 aromatic heterocycles. The van der Waals surface area contributed by atoms with Gasteiger partial charge >= 0.3 is 0 Å². The van der Waals surface area contributed by atoms with Gasteiger partial charge in [0.2, 0.25) is 11.9 Å². The quantitative estimate of drug-likeness (QED) is 0.706. The summed E-state index contributed by atoms with van der Waals surface area (Å²) in [7, 11) is 0. The standard InChI is InChI=1S/C20H33N5/c1-5-6-7-8-9-14-22-19-23-18(21)25(20(3,4)24-19)15-17-12-10-16(2)11-13-17/h10-13H,5-9,14-15H2,1-4H3,(H3,21,22,23,24). The van der Waals surface area contributed by atoms with Gasteiger partial charge in [-0.05, 0) is 32.8 Å². The first kappa shape index (κ1) is 19.3. The summed E-state index contributed by atoms with van der Waals surface area (Å²) in [5, 5.41) is 3.42. The van der Waals surface area contributed by atoms with Crippen LogP contribution in [0.2, 0.25) is 0 Å². The fourth-order valence-corrected chi connectivity index (χ4v) is 2.95. The smallest absolute Gasteiger partial charge is 0.223 e. The molecule has 0 radical (unpaired) electrons. The van der Waals surface area contributed by atoms with Crippen LogP contribution in [0.1, 0.15) is 64.0 Å². The van der Waals surface area contributed by atoms with Gasteiger partial charge in [0, 0.05) is 13.1 Å². The molecule has 1 aliphatic rings. The Balaban J connectivity index is 1.98. The summed E-state index contributed by atoms with van der Waals surface area (Å²) < 4.78 is 0. The fourth-order valence-electron chi connectivity index (χ4n) is 2.95. The van der Waals surface area contributed by atoms with Crippen LogP contribution in [0.4, 0.5) is 0 Å². The van der Waals surface area contributed by atoms with Gasteiger partial charge in [0.25, 0.3) is 0 Å². The molecule has 0 spiro atoms. The molecule has 2 rings (SSSR count). The van der Waals surface area contributed by atoms with Gasteiger partial charge in [-0.15, -0.1) is 0 Å². The van der Waals surface area contributed by atoms with E-state index in [9.17, 15) is 0 Å². The largest absolute Gasteiger partial charge is 0.369 e. The maximum atomic E-state index is 6.25. The Morgan fingerprint density at radius 3 is 2.44 bits per heavy atom. The highest BCUT2D eigenvalue weighted by Crippen LogP contribution is 2.19. The highest BCUT2D eigenvalue weighted by atomic mass is 15.4. The molecule has 25 heavy (non-hydrogen) atoms. The molecule has 1 heterocycles. The van der Waals surface area contributed by atoms with Gasteiger partial charge in [0.15, 0.2) is 0 Å². The van der Waals surface area contributed by atoms with E-state index < -0.39 is 0 Å². The van der Waals surface area contributed by atoms with Crippen molar-refractivity contribution in [1.29, 1.82) is 0 Å². The lowest BCUT2D eigenvalue weighted by Gasteiger charge is -2.43. The molecule has 0 amide bonds.